The van der Waals surface area contributed by atoms with Crippen LogP contribution in [0.15, 0.2) is 0 Å². The van der Waals surface area contributed by atoms with E-state index in [4.69, 9.17) is 19.5 Å². The van der Waals surface area contributed by atoms with E-state index in [-0.39, 0.29) is 13.0 Å². The molecule has 0 saturated heterocycles. The Morgan fingerprint density at radius 1 is 0.926 bits per heavy atom. The van der Waals surface area contributed by atoms with Gasteiger partial charge in [-0.05, 0) is 27.2 Å². The predicted octanol–water partition coefficient (Wildman–Crippen LogP) is 2.55. The third-order valence-electron chi connectivity index (χ3n) is 3.50. The number of carbonyl (C=O) groups excluding carboxylic acids is 3. The molecular weight excluding hydrogens is 360 g/mol. The van der Waals surface area contributed by atoms with Crippen molar-refractivity contribution in [2.24, 2.45) is 0 Å². The summed E-state index contributed by atoms with van der Waals surface area (Å²) in [4.78, 5) is 53.4. The Labute approximate surface area is 159 Å². The first-order valence-electron chi connectivity index (χ1n) is 9.09. The fraction of sp³-hybridized carbons (Fsp3) is 0.778. The van der Waals surface area contributed by atoms with Gasteiger partial charge >= 0.3 is 23.9 Å². The second-order valence-corrected chi connectivity index (χ2v) is 6.84. The highest BCUT2D eigenvalue weighted by molar-refractivity contribution is 6.29. The van der Waals surface area contributed by atoms with Crippen molar-refractivity contribution in [3.63, 3.8) is 0 Å². The van der Waals surface area contributed by atoms with E-state index in [0.717, 1.165) is 25.7 Å². The number of carbonyl (C=O) groups is 4. The number of carboxylic acids is 1. The molecule has 0 fully saturated rings. The lowest BCUT2D eigenvalue weighted by Crippen LogP contribution is -2.34. The van der Waals surface area contributed by atoms with Crippen molar-refractivity contribution in [2.45, 2.75) is 84.3 Å². The number of hydrogen-bond acceptors (Lipinski definition) is 8. The molecule has 0 aliphatic carbocycles. The summed E-state index contributed by atoms with van der Waals surface area (Å²) >= 11 is 0. The van der Waals surface area contributed by atoms with Gasteiger partial charge in [-0.15, -0.1) is 0 Å². The Morgan fingerprint density at radius 3 is 2.11 bits per heavy atom. The monoisotopic (exact) mass is 390 g/mol. The zero-order valence-corrected chi connectivity index (χ0v) is 16.4. The van der Waals surface area contributed by atoms with Gasteiger partial charge in [0.2, 0.25) is 0 Å². The predicted molar refractivity (Wildman–Crippen MR) is 93.4 cm³/mol. The maximum absolute atomic E-state index is 11.7. The average molecular weight is 390 g/mol. The zero-order valence-electron chi connectivity index (χ0n) is 16.4. The zero-order chi connectivity index (χ0) is 20.9. The molecule has 156 valence electrons. The molecule has 0 bridgehead atoms. The molecule has 0 heterocycles. The van der Waals surface area contributed by atoms with Crippen LogP contribution in [-0.2, 0) is 38.4 Å². The van der Waals surface area contributed by atoms with E-state index in [1.165, 1.54) is 27.2 Å². The molecule has 0 aliphatic rings. The lowest BCUT2D eigenvalue weighted by molar-refractivity contribution is -0.327. The molecule has 0 saturated carbocycles. The van der Waals surface area contributed by atoms with Gasteiger partial charge in [0, 0.05) is 6.42 Å². The minimum absolute atomic E-state index is 0.0519. The van der Waals surface area contributed by atoms with Crippen LogP contribution < -0.4 is 0 Å². The highest BCUT2D eigenvalue weighted by Crippen LogP contribution is 2.19. The smallest absolute Gasteiger partial charge is 0.449 e. The van der Waals surface area contributed by atoms with Crippen LogP contribution in [0, 0.1) is 0 Å². The summed E-state index contributed by atoms with van der Waals surface area (Å²) in [5.74, 6) is -5.54. The van der Waals surface area contributed by atoms with E-state index < -0.39 is 35.6 Å². The Morgan fingerprint density at radius 2 is 1.52 bits per heavy atom. The quantitative estimate of drug-likeness (QED) is 0.176. The largest absolute Gasteiger partial charge is 0.473 e. The van der Waals surface area contributed by atoms with Gasteiger partial charge in [0.05, 0.1) is 6.61 Å². The number of rotatable bonds is 12. The first kappa shape index (κ1) is 24.8. The van der Waals surface area contributed by atoms with Crippen molar-refractivity contribution in [3.8, 4) is 0 Å². The molecule has 0 aromatic rings. The van der Waals surface area contributed by atoms with E-state index in [0.29, 0.717) is 6.42 Å². The molecule has 0 aliphatic heterocycles. The van der Waals surface area contributed by atoms with E-state index in [1.807, 2.05) is 0 Å². The van der Waals surface area contributed by atoms with Gasteiger partial charge in [-0.2, -0.15) is 4.89 Å². The molecule has 9 nitrogen and oxygen atoms in total. The molecule has 1 atom stereocenters. The number of unbranched alkanes of at least 4 members (excludes halogenated alkanes) is 5. The molecule has 9 heteroatoms. The normalized spacial score (nSPS) is 12.1. The summed E-state index contributed by atoms with van der Waals surface area (Å²) in [5, 5.41) is 8.41. The van der Waals surface area contributed by atoms with Crippen LogP contribution in [0.3, 0.4) is 0 Å². The molecule has 0 aromatic carbocycles. The van der Waals surface area contributed by atoms with Crippen molar-refractivity contribution >= 4 is 23.9 Å². The van der Waals surface area contributed by atoms with Crippen molar-refractivity contribution < 1.29 is 43.5 Å². The van der Waals surface area contributed by atoms with Crippen LogP contribution >= 0.6 is 0 Å². The molecule has 0 radical (unpaired) electrons. The van der Waals surface area contributed by atoms with E-state index >= 15 is 0 Å². The van der Waals surface area contributed by atoms with Crippen LogP contribution in [0.1, 0.15) is 72.6 Å². The number of ether oxygens (including phenoxy) is 2. The van der Waals surface area contributed by atoms with Crippen LogP contribution in [0.5, 0.6) is 0 Å². The topological polar surface area (TPSA) is 125 Å². The van der Waals surface area contributed by atoms with Crippen LogP contribution in [0.4, 0.5) is 0 Å². The Balaban J connectivity index is 4.08. The van der Waals surface area contributed by atoms with E-state index in [1.54, 1.807) is 0 Å². The fourth-order valence-corrected chi connectivity index (χ4v) is 2.29. The third kappa shape index (κ3) is 12.8. The number of aliphatic carboxylic acids is 1. The molecule has 0 amide bonds. The fourth-order valence-electron chi connectivity index (χ4n) is 2.29. The molecule has 27 heavy (non-hydrogen) atoms. The van der Waals surface area contributed by atoms with Crippen molar-refractivity contribution in [2.75, 3.05) is 6.61 Å². The second-order valence-electron chi connectivity index (χ2n) is 6.84. The standard InChI is InChI=1S/C18H30O9/c1-5-6-7-8-9-10-11-24-16(22)17(23)25-13(2)12-18(3,4)27-26-15(21)14(19)20/h13H,5-12H2,1-4H3,(H,19,20). The second kappa shape index (κ2) is 13.1. The minimum atomic E-state index is -1.79. The lowest BCUT2D eigenvalue weighted by atomic mass is 10.0. The maximum atomic E-state index is 11.7. The summed E-state index contributed by atoms with van der Waals surface area (Å²) in [5.41, 5.74) is -1.13. The number of esters is 2. The van der Waals surface area contributed by atoms with E-state index in [2.05, 4.69) is 11.8 Å². The van der Waals surface area contributed by atoms with Gasteiger partial charge in [0.25, 0.3) is 0 Å². The lowest BCUT2D eigenvalue weighted by Gasteiger charge is -2.25. The Hall–Kier alpha value is -2.16. The Bertz CT molecular complexity index is 499. The van der Waals surface area contributed by atoms with Gasteiger partial charge in [-0.25, -0.2) is 19.2 Å². The van der Waals surface area contributed by atoms with Crippen molar-refractivity contribution in [3.05, 3.63) is 0 Å². The third-order valence-corrected chi connectivity index (χ3v) is 3.50. The summed E-state index contributed by atoms with van der Waals surface area (Å²) in [7, 11) is 0. The minimum Gasteiger partial charge on any atom is -0.473 e. The van der Waals surface area contributed by atoms with Crippen molar-refractivity contribution in [1.29, 1.82) is 0 Å². The van der Waals surface area contributed by atoms with E-state index in [9.17, 15) is 19.2 Å². The summed E-state index contributed by atoms with van der Waals surface area (Å²) in [6.45, 7) is 6.81. The summed E-state index contributed by atoms with van der Waals surface area (Å²) < 4.78 is 9.83. The van der Waals surface area contributed by atoms with Crippen LogP contribution in [0.2, 0.25) is 0 Å². The highest BCUT2D eigenvalue weighted by atomic mass is 17.2. The summed E-state index contributed by atoms with van der Waals surface area (Å²) in [6.07, 6.45) is 5.46. The molecule has 0 spiro atoms. The summed E-state index contributed by atoms with van der Waals surface area (Å²) in [6, 6.07) is 0. The SMILES string of the molecule is CCCCCCCCOC(=O)C(=O)OC(C)CC(C)(C)OOC(=O)C(=O)O. The van der Waals surface area contributed by atoms with Crippen LogP contribution in [0.25, 0.3) is 0 Å². The number of hydrogen-bond donors (Lipinski definition) is 1. The first-order chi connectivity index (χ1) is 12.6. The van der Waals surface area contributed by atoms with Gasteiger partial charge in [0.15, 0.2) is 0 Å². The van der Waals surface area contributed by atoms with Crippen molar-refractivity contribution in [1.82, 2.24) is 0 Å². The molecule has 0 rings (SSSR count). The van der Waals surface area contributed by atoms with Gasteiger partial charge in [-0.3, -0.25) is 4.89 Å². The van der Waals surface area contributed by atoms with Gasteiger partial charge in [-0.1, -0.05) is 39.0 Å². The Kier molecular flexibility index (Phi) is 12.0. The van der Waals surface area contributed by atoms with Gasteiger partial charge in [0.1, 0.15) is 11.7 Å². The first-order valence-corrected chi connectivity index (χ1v) is 9.09. The van der Waals surface area contributed by atoms with Gasteiger partial charge < -0.3 is 14.6 Å². The molecule has 0 aromatic heterocycles. The average Bonchev–Trinajstić information content (AvgIpc) is 2.57. The molecule has 1 unspecified atom stereocenters. The van der Waals surface area contributed by atoms with Crippen LogP contribution in [-0.4, -0.2) is 47.3 Å². The number of carboxylic acid groups (broad SMARTS) is 1. The highest BCUT2D eigenvalue weighted by Gasteiger charge is 2.30. The molecule has 1 N–H and O–H groups in total. The maximum Gasteiger partial charge on any atom is 0.449 e. The molecular formula is C18H30O9.